The monoisotopic (exact) mass is 454 g/mol. The number of anilines is 1. The highest BCUT2D eigenvalue weighted by molar-refractivity contribution is 7.99. The molecule has 156 valence electrons. The van der Waals surface area contributed by atoms with Gasteiger partial charge in [0, 0.05) is 35.2 Å². The first-order valence-electron chi connectivity index (χ1n) is 9.15. The highest BCUT2D eigenvalue weighted by atomic mass is 35.5. The Balaban J connectivity index is 1.61. The zero-order valence-electron chi connectivity index (χ0n) is 16.2. The summed E-state index contributed by atoms with van der Waals surface area (Å²) in [7, 11) is -3.47. The van der Waals surface area contributed by atoms with E-state index in [4.69, 9.17) is 16.3 Å². The topological polar surface area (TPSA) is 75.7 Å². The van der Waals surface area contributed by atoms with Gasteiger partial charge in [-0.2, -0.15) is 0 Å². The van der Waals surface area contributed by atoms with E-state index in [1.165, 1.54) is 4.31 Å². The van der Waals surface area contributed by atoms with E-state index in [1.807, 2.05) is 37.3 Å². The van der Waals surface area contributed by atoms with Gasteiger partial charge in [0.15, 0.2) is 6.10 Å². The minimum atomic E-state index is -3.47. The van der Waals surface area contributed by atoms with E-state index < -0.39 is 16.1 Å². The summed E-state index contributed by atoms with van der Waals surface area (Å²) in [5.41, 5.74) is 1.39. The maximum absolute atomic E-state index is 12.6. The molecule has 0 fully saturated rings. The second kappa shape index (κ2) is 9.28. The number of nitrogens with one attached hydrogen (secondary N) is 1. The molecule has 1 amide bonds. The lowest BCUT2D eigenvalue weighted by atomic mass is 10.2. The molecule has 9 heteroatoms. The Hall–Kier alpha value is -1.90. The Bertz CT molecular complexity index is 980. The molecule has 2 aromatic rings. The normalized spacial score (nSPS) is 16.5. The van der Waals surface area contributed by atoms with Crippen LogP contribution in [0, 0.1) is 6.92 Å². The summed E-state index contributed by atoms with van der Waals surface area (Å²) in [6, 6.07) is 12.8. The van der Waals surface area contributed by atoms with Gasteiger partial charge in [0.25, 0.3) is 5.91 Å². The van der Waals surface area contributed by atoms with Crippen LogP contribution in [-0.4, -0.2) is 45.5 Å². The molecule has 0 aromatic heterocycles. The second-order valence-electron chi connectivity index (χ2n) is 6.79. The fourth-order valence-electron chi connectivity index (χ4n) is 3.01. The number of aryl methyl sites for hydroxylation is 1. The Morgan fingerprint density at radius 1 is 1.28 bits per heavy atom. The van der Waals surface area contributed by atoms with E-state index in [-0.39, 0.29) is 18.9 Å². The van der Waals surface area contributed by atoms with Gasteiger partial charge in [-0.1, -0.05) is 17.7 Å². The molecule has 0 unspecified atom stereocenters. The number of carbonyl (C=O) groups excluding carboxylic acids is 1. The number of fused-ring (bicyclic) bond motifs is 1. The van der Waals surface area contributed by atoms with Gasteiger partial charge in [-0.05, 0) is 48.9 Å². The number of thioether (sulfide) groups is 1. The predicted molar refractivity (Wildman–Crippen MR) is 118 cm³/mol. The van der Waals surface area contributed by atoms with Crippen LogP contribution in [0.1, 0.15) is 12.0 Å². The van der Waals surface area contributed by atoms with E-state index in [9.17, 15) is 13.2 Å². The second-order valence-corrected chi connectivity index (χ2v) is 10.3. The summed E-state index contributed by atoms with van der Waals surface area (Å²) in [6.07, 6.45) is 0.688. The number of rotatable bonds is 6. The number of ether oxygens (including phenoxy) is 1. The molecule has 1 atom stereocenters. The minimum Gasteiger partial charge on any atom is -0.478 e. The zero-order chi connectivity index (χ0) is 21.0. The molecule has 29 heavy (non-hydrogen) atoms. The van der Waals surface area contributed by atoms with Crippen LogP contribution in [0.3, 0.4) is 0 Å². The first kappa shape index (κ1) is 21.8. The first-order valence-corrected chi connectivity index (χ1v) is 12.4. The number of hydrogen-bond acceptors (Lipinski definition) is 5. The lowest BCUT2D eigenvalue weighted by Gasteiger charge is -2.21. The Kier molecular flexibility index (Phi) is 6.97. The molecule has 1 N–H and O–H groups in total. The van der Waals surface area contributed by atoms with Crippen molar-refractivity contribution < 1.29 is 17.9 Å². The number of nitrogens with zero attached hydrogens (tertiary/aromatic N) is 1. The summed E-state index contributed by atoms with van der Waals surface area (Å²) in [5.74, 6) is 0.850. The third-order valence-electron chi connectivity index (χ3n) is 4.42. The maximum Gasteiger partial charge on any atom is 0.261 e. The highest BCUT2D eigenvalue weighted by Gasteiger charge is 2.31. The molecule has 0 spiro atoms. The Morgan fingerprint density at radius 2 is 2.00 bits per heavy atom. The molecule has 0 bridgehead atoms. The van der Waals surface area contributed by atoms with Crippen LogP contribution in [0.25, 0.3) is 0 Å². The molecule has 6 nitrogen and oxygen atoms in total. The van der Waals surface area contributed by atoms with E-state index in [2.05, 4.69) is 5.32 Å². The van der Waals surface area contributed by atoms with Crippen molar-refractivity contribution in [2.45, 2.75) is 24.3 Å². The third-order valence-corrected chi connectivity index (χ3v) is 6.87. The zero-order valence-corrected chi connectivity index (χ0v) is 18.6. The molecule has 2 aromatic carbocycles. The van der Waals surface area contributed by atoms with Crippen molar-refractivity contribution in [3.05, 3.63) is 53.1 Å². The first-order chi connectivity index (χ1) is 13.7. The lowest BCUT2D eigenvalue weighted by Crippen LogP contribution is -2.40. The van der Waals surface area contributed by atoms with Crippen molar-refractivity contribution >= 4 is 45.0 Å². The van der Waals surface area contributed by atoms with Crippen molar-refractivity contribution in [1.29, 1.82) is 0 Å². The summed E-state index contributed by atoms with van der Waals surface area (Å²) in [5, 5.41) is 3.57. The lowest BCUT2D eigenvalue weighted by molar-refractivity contribution is -0.127. The van der Waals surface area contributed by atoms with Gasteiger partial charge in [-0.3, -0.25) is 9.10 Å². The molecular formula is C20H23ClN2O4S2. The predicted octanol–water partition coefficient (Wildman–Crippen LogP) is 3.47. The third kappa shape index (κ3) is 5.81. The molecule has 0 saturated heterocycles. The smallest absolute Gasteiger partial charge is 0.261 e. The number of benzene rings is 2. The van der Waals surface area contributed by atoms with Crippen LogP contribution in [0.15, 0.2) is 47.4 Å². The van der Waals surface area contributed by atoms with Crippen LogP contribution in [-0.2, 0) is 14.8 Å². The van der Waals surface area contributed by atoms with E-state index in [0.717, 1.165) is 16.7 Å². The average Bonchev–Trinajstić information content (AvgIpc) is 2.85. The van der Waals surface area contributed by atoms with Crippen LogP contribution in [0.4, 0.5) is 5.69 Å². The van der Waals surface area contributed by atoms with Crippen molar-refractivity contribution in [3.63, 3.8) is 0 Å². The summed E-state index contributed by atoms with van der Waals surface area (Å²) in [6.45, 7) is 2.55. The largest absolute Gasteiger partial charge is 0.478 e. The summed E-state index contributed by atoms with van der Waals surface area (Å²) >= 11 is 7.49. The van der Waals surface area contributed by atoms with E-state index >= 15 is 0 Å². The van der Waals surface area contributed by atoms with Crippen LogP contribution in [0.2, 0.25) is 5.02 Å². The van der Waals surface area contributed by atoms with Gasteiger partial charge in [0.2, 0.25) is 10.0 Å². The van der Waals surface area contributed by atoms with Gasteiger partial charge >= 0.3 is 0 Å². The molecule has 1 heterocycles. The molecule has 0 saturated carbocycles. The Labute approximate surface area is 180 Å². The standard InChI is InChI=1S/C20H23ClN2O4S2/c1-14-3-8-18-17(13-14)23(29(2,25)26)11-9-19(27-18)20(24)22-10-12-28-16-6-4-15(21)5-7-16/h3-8,13,19H,9-12H2,1-2H3,(H,22,24)/t19-/m0/s1. The maximum atomic E-state index is 12.6. The van der Waals surface area contributed by atoms with E-state index in [0.29, 0.717) is 28.8 Å². The molecule has 1 aliphatic rings. The number of sulfonamides is 1. The molecular weight excluding hydrogens is 432 g/mol. The number of hydrogen-bond donors (Lipinski definition) is 1. The molecule has 0 aliphatic carbocycles. The van der Waals surface area contributed by atoms with Crippen molar-refractivity contribution in [2.75, 3.05) is 29.4 Å². The molecule has 0 radical (unpaired) electrons. The van der Waals surface area contributed by atoms with Gasteiger partial charge in [-0.25, -0.2) is 8.42 Å². The van der Waals surface area contributed by atoms with Gasteiger partial charge in [0.1, 0.15) is 5.75 Å². The van der Waals surface area contributed by atoms with Gasteiger partial charge in [0.05, 0.1) is 11.9 Å². The Morgan fingerprint density at radius 3 is 2.69 bits per heavy atom. The molecule has 3 rings (SSSR count). The summed E-state index contributed by atoms with van der Waals surface area (Å²) in [4.78, 5) is 13.7. The van der Waals surface area contributed by atoms with Gasteiger partial charge in [-0.15, -0.1) is 11.8 Å². The number of halogens is 1. The van der Waals surface area contributed by atoms with Crippen LogP contribution >= 0.6 is 23.4 Å². The number of carbonyl (C=O) groups is 1. The number of amides is 1. The van der Waals surface area contributed by atoms with Crippen molar-refractivity contribution in [3.8, 4) is 5.75 Å². The van der Waals surface area contributed by atoms with Gasteiger partial charge < -0.3 is 10.1 Å². The average molecular weight is 455 g/mol. The molecule has 1 aliphatic heterocycles. The van der Waals surface area contributed by atoms with Crippen LogP contribution < -0.4 is 14.4 Å². The quantitative estimate of drug-likeness (QED) is 0.534. The fraction of sp³-hybridized carbons (Fsp3) is 0.350. The summed E-state index contributed by atoms with van der Waals surface area (Å²) < 4.78 is 31.6. The van der Waals surface area contributed by atoms with Crippen LogP contribution in [0.5, 0.6) is 5.75 Å². The minimum absolute atomic E-state index is 0.187. The fourth-order valence-corrected chi connectivity index (χ4v) is 4.84. The van der Waals surface area contributed by atoms with E-state index in [1.54, 1.807) is 23.9 Å². The highest BCUT2D eigenvalue weighted by Crippen LogP contribution is 2.35. The van der Waals surface area contributed by atoms with Crippen molar-refractivity contribution in [1.82, 2.24) is 5.32 Å². The SMILES string of the molecule is Cc1ccc2c(c1)N(S(C)(=O)=O)CC[C@@H](C(=O)NCCSc1ccc(Cl)cc1)O2. The van der Waals surface area contributed by atoms with Crippen molar-refractivity contribution in [2.24, 2.45) is 0 Å².